The first-order chi connectivity index (χ1) is 6.15. The Morgan fingerprint density at radius 3 is 2.92 bits per heavy atom. The number of hydrogen-bond acceptors (Lipinski definition) is 3. The summed E-state index contributed by atoms with van der Waals surface area (Å²) in [6.45, 7) is 0.247. The van der Waals surface area contributed by atoms with Crippen LogP contribution in [0.1, 0.15) is 11.6 Å². The smallest absolute Gasteiger partial charge is 0.123 e. The van der Waals surface area contributed by atoms with Crippen LogP contribution in [0.4, 0.5) is 4.39 Å². The zero-order chi connectivity index (χ0) is 9.84. The molecule has 3 N–H and O–H groups in total. The van der Waals surface area contributed by atoms with Gasteiger partial charge in [0.1, 0.15) is 11.6 Å². The van der Waals surface area contributed by atoms with Gasteiger partial charge in [-0.3, -0.25) is 0 Å². The second-order valence-electron chi connectivity index (χ2n) is 2.76. The summed E-state index contributed by atoms with van der Waals surface area (Å²) in [5, 5.41) is 9.33. The number of aromatic hydroxyl groups is 1. The summed E-state index contributed by atoms with van der Waals surface area (Å²) in [7, 11) is 1.50. The lowest BCUT2D eigenvalue weighted by atomic mass is 10.1. The molecule has 0 spiro atoms. The number of rotatable bonds is 3. The van der Waals surface area contributed by atoms with Gasteiger partial charge in [0.05, 0.1) is 12.6 Å². The van der Waals surface area contributed by atoms with E-state index in [0.717, 1.165) is 0 Å². The van der Waals surface area contributed by atoms with Gasteiger partial charge in [0.2, 0.25) is 0 Å². The van der Waals surface area contributed by atoms with Crippen LogP contribution in [0.25, 0.3) is 0 Å². The predicted molar refractivity (Wildman–Crippen MR) is 46.9 cm³/mol. The molecule has 0 aliphatic carbocycles. The predicted octanol–water partition coefficient (Wildman–Crippen LogP) is 1.18. The van der Waals surface area contributed by atoms with Gasteiger partial charge in [-0.2, -0.15) is 0 Å². The lowest BCUT2D eigenvalue weighted by Gasteiger charge is -2.12. The molecule has 0 aliphatic heterocycles. The summed E-state index contributed by atoms with van der Waals surface area (Å²) >= 11 is 0. The summed E-state index contributed by atoms with van der Waals surface area (Å²) in [6, 6.07) is 3.16. The largest absolute Gasteiger partial charge is 0.508 e. The average Bonchev–Trinajstić information content (AvgIpc) is 2.09. The molecular formula is C9H12FNO2. The molecule has 0 saturated heterocycles. The van der Waals surface area contributed by atoms with Gasteiger partial charge in [0.15, 0.2) is 0 Å². The van der Waals surface area contributed by atoms with Gasteiger partial charge in [0.25, 0.3) is 0 Å². The van der Waals surface area contributed by atoms with Gasteiger partial charge in [-0.05, 0) is 18.2 Å². The van der Waals surface area contributed by atoms with Crippen molar-refractivity contribution in [3.8, 4) is 5.75 Å². The number of hydrogen-bond donors (Lipinski definition) is 2. The van der Waals surface area contributed by atoms with E-state index >= 15 is 0 Å². The quantitative estimate of drug-likeness (QED) is 0.743. The molecule has 4 heteroatoms. The van der Waals surface area contributed by atoms with E-state index in [1.165, 1.54) is 25.3 Å². The Kier molecular flexibility index (Phi) is 3.22. The maximum Gasteiger partial charge on any atom is 0.123 e. The third-order valence-corrected chi connectivity index (χ3v) is 1.74. The Bertz CT molecular complexity index is 291. The highest BCUT2D eigenvalue weighted by atomic mass is 19.1. The summed E-state index contributed by atoms with van der Waals surface area (Å²) < 4.78 is 17.5. The second kappa shape index (κ2) is 4.20. The van der Waals surface area contributed by atoms with Crippen LogP contribution < -0.4 is 5.73 Å². The molecule has 1 aromatic rings. The Hall–Kier alpha value is -1.13. The van der Waals surface area contributed by atoms with Crippen LogP contribution in [0.2, 0.25) is 0 Å². The fraction of sp³-hybridized carbons (Fsp3) is 0.333. The molecule has 0 bridgehead atoms. The number of nitrogens with two attached hydrogens (primary N) is 1. The van der Waals surface area contributed by atoms with E-state index in [1.54, 1.807) is 0 Å². The van der Waals surface area contributed by atoms with Gasteiger partial charge in [-0.15, -0.1) is 0 Å². The molecule has 0 heterocycles. The van der Waals surface area contributed by atoms with E-state index in [-0.39, 0.29) is 12.4 Å². The van der Waals surface area contributed by atoms with E-state index in [0.29, 0.717) is 5.56 Å². The summed E-state index contributed by atoms with van der Waals surface area (Å²) in [4.78, 5) is 0. The van der Waals surface area contributed by atoms with Crippen LogP contribution in [-0.4, -0.2) is 18.8 Å². The van der Waals surface area contributed by atoms with E-state index in [4.69, 9.17) is 10.5 Å². The highest BCUT2D eigenvalue weighted by Crippen LogP contribution is 2.23. The van der Waals surface area contributed by atoms with Gasteiger partial charge in [-0.1, -0.05) is 0 Å². The highest BCUT2D eigenvalue weighted by molar-refractivity contribution is 5.34. The molecule has 3 nitrogen and oxygen atoms in total. The molecule has 0 radical (unpaired) electrons. The molecule has 72 valence electrons. The minimum absolute atomic E-state index is 0.00838. The van der Waals surface area contributed by atoms with Crippen molar-refractivity contribution in [2.45, 2.75) is 6.04 Å². The number of phenols is 1. The molecule has 1 rings (SSSR count). The standard InChI is InChI=1S/C9H12FNO2/c1-13-5-8(11)7-4-6(10)2-3-9(7)12/h2-4,8,12H,5,11H2,1H3/t8-/m0/s1. The van der Waals surface area contributed by atoms with Crippen molar-refractivity contribution < 1.29 is 14.2 Å². The lowest BCUT2D eigenvalue weighted by Crippen LogP contribution is -2.16. The summed E-state index contributed by atoms with van der Waals surface area (Å²) in [5.74, 6) is -0.426. The van der Waals surface area contributed by atoms with Crippen molar-refractivity contribution >= 4 is 0 Å². The maximum atomic E-state index is 12.7. The maximum absolute atomic E-state index is 12.7. The number of halogens is 1. The molecule has 0 amide bonds. The fourth-order valence-corrected chi connectivity index (χ4v) is 1.09. The zero-order valence-corrected chi connectivity index (χ0v) is 7.33. The van der Waals surface area contributed by atoms with Crippen molar-refractivity contribution in [1.82, 2.24) is 0 Å². The van der Waals surface area contributed by atoms with Gasteiger partial charge < -0.3 is 15.6 Å². The second-order valence-corrected chi connectivity index (χ2v) is 2.76. The van der Waals surface area contributed by atoms with Gasteiger partial charge in [0, 0.05) is 12.7 Å². The van der Waals surface area contributed by atoms with Gasteiger partial charge in [-0.25, -0.2) is 4.39 Å². The Morgan fingerprint density at radius 1 is 1.62 bits per heavy atom. The van der Waals surface area contributed by atoms with Crippen LogP contribution in [0.5, 0.6) is 5.75 Å². The van der Waals surface area contributed by atoms with Crippen LogP contribution in [0.15, 0.2) is 18.2 Å². The molecule has 1 aromatic carbocycles. The molecule has 0 fully saturated rings. The first kappa shape index (κ1) is 9.95. The number of methoxy groups -OCH3 is 1. The van der Waals surface area contributed by atoms with Crippen LogP contribution >= 0.6 is 0 Å². The number of benzene rings is 1. The van der Waals surface area contributed by atoms with Crippen LogP contribution in [0, 0.1) is 5.82 Å². The Labute approximate surface area is 75.9 Å². The summed E-state index contributed by atoms with van der Waals surface area (Å²) in [5.41, 5.74) is 5.99. The molecule has 1 atom stereocenters. The minimum Gasteiger partial charge on any atom is -0.508 e. The third kappa shape index (κ3) is 2.40. The van der Waals surface area contributed by atoms with Crippen LogP contribution in [-0.2, 0) is 4.74 Å². The first-order valence-electron chi connectivity index (χ1n) is 3.88. The third-order valence-electron chi connectivity index (χ3n) is 1.74. The van der Waals surface area contributed by atoms with Crippen molar-refractivity contribution in [1.29, 1.82) is 0 Å². The Balaban J connectivity index is 2.91. The molecule has 0 aromatic heterocycles. The first-order valence-corrected chi connectivity index (χ1v) is 3.88. The fourth-order valence-electron chi connectivity index (χ4n) is 1.09. The molecular weight excluding hydrogens is 173 g/mol. The molecule has 13 heavy (non-hydrogen) atoms. The van der Waals surface area contributed by atoms with Crippen molar-refractivity contribution in [3.63, 3.8) is 0 Å². The van der Waals surface area contributed by atoms with Crippen LogP contribution in [0.3, 0.4) is 0 Å². The normalized spacial score (nSPS) is 12.8. The van der Waals surface area contributed by atoms with E-state index in [2.05, 4.69) is 0 Å². The van der Waals surface area contributed by atoms with Crippen molar-refractivity contribution in [2.24, 2.45) is 5.73 Å². The number of ether oxygens (including phenoxy) is 1. The minimum atomic E-state index is -0.499. The molecule has 0 unspecified atom stereocenters. The zero-order valence-electron chi connectivity index (χ0n) is 7.33. The summed E-state index contributed by atoms with van der Waals surface area (Å²) in [6.07, 6.45) is 0. The number of phenolic OH excluding ortho intramolecular Hbond substituents is 1. The molecule has 0 aliphatic rings. The molecule has 0 saturated carbocycles. The SMILES string of the molecule is COC[C@H](N)c1cc(F)ccc1O. The van der Waals surface area contributed by atoms with E-state index in [9.17, 15) is 9.50 Å². The Morgan fingerprint density at radius 2 is 2.31 bits per heavy atom. The van der Waals surface area contributed by atoms with Crippen molar-refractivity contribution in [3.05, 3.63) is 29.6 Å². The van der Waals surface area contributed by atoms with Crippen molar-refractivity contribution in [2.75, 3.05) is 13.7 Å². The topological polar surface area (TPSA) is 55.5 Å². The average molecular weight is 185 g/mol. The van der Waals surface area contributed by atoms with Gasteiger partial charge >= 0.3 is 0 Å². The van der Waals surface area contributed by atoms with E-state index in [1.807, 2.05) is 0 Å². The monoisotopic (exact) mass is 185 g/mol. The van der Waals surface area contributed by atoms with E-state index < -0.39 is 11.9 Å². The lowest BCUT2D eigenvalue weighted by molar-refractivity contribution is 0.179. The highest BCUT2D eigenvalue weighted by Gasteiger charge is 2.11.